The monoisotopic (exact) mass is 437 g/mol. The molecule has 2 aromatic carbocycles. The molecule has 1 aromatic heterocycles. The lowest BCUT2D eigenvalue weighted by Crippen LogP contribution is -2.38. The maximum atomic E-state index is 5.97. The smallest absolute Gasteiger partial charge is 0.230 e. The number of nitrogens with zero attached hydrogens (tertiary/aromatic N) is 5. The van der Waals surface area contributed by atoms with Crippen LogP contribution < -0.4 is 4.90 Å². The van der Waals surface area contributed by atoms with Crippen LogP contribution in [0.25, 0.3) is 5.69 Å². The summed E-state index contributed by atoms with van der Waals surface area (Å²) >= 11 is 5.97. The summed E-state index contributed by atoms with van der Waals surface area (Å²) in [5.41, 5.74) is 3.55. The van der Waals surface area contributed by atoms with Gasteiger partial charge in [-0.15, -0.1) is 5.10 Å². The molecule has 0 N–H and O–H groups in total. The highest BCUT2D eigenvalue weighted by molar-refractivity contribution is 7.71. The minimum absolute atomic E-state index is 0.359. The maximum Gasteiger partial charge on any atom is 0.230 e. The van der Waals surface area contributed by atoms with Crippen molar-refractivity contribution in [1.82, 2.24) is 19.2 Å². The minimum Gasteiger partial charge on any atom is -0.378 e. The zero-order valence-electron chi connectivity index (χ0n) is 18.6. The van der Waals surface area contributed by atoms with Gasteiger partial charge in [-0.05, 0) is 50.2 Å². The van der Waals surface area contributed by atoms with Crippen LogP contribution >= 0.6 is 12.2 Å². The lowest BCUT2D eigenvalue weighted by molar-refractivity contribution is 0.121. The standard InChI is InChI=1S/C24H31N5OS/c1-19(2)27(17-21-10-5-4-6-11-21)18-28-24(31)29(22-12-8-7-9-20(22)3)23(25-28)26-13-15-30-16-14-26/h4-12,19H,13-18H2,1-3H3. The summed E-state index contributed by atoms with van der Waals surface area (Å²) in [6, 6.07) is 19.3. The summed E-state index contributed by atoms with van der Waals surface area (Å²) in [6.07, 6.45) is 0. The predicted molar refractivity (Wildman–Crippen MR) is 127 cm³/mol. The fraction of sp³-hybridized carbons (Fsp3) is 0.417. The van der Waals surface area contributed by atoms with Gasteiger partial charge in [0, 0.05) is 25.7 Å². The van der Waals surface area contributed by atoms with Crippen LogP contribution in [0.1, 0.15) is 25.0 Å². The lowest BCUT2D eigenvalue weighted by atomic mass is 10.2. The Labute approximate surface area is 189 Å². The molecule has 0 spiro atoms. The van der Waals surface area contributed by atoms with Gasteiger partial charge in [0.05, 0.1) is 25.6 Å². The summed E-state index contributed by atoms with van der Waals surface area (Å²) in [7, 11) is 0. The number of aromatic nitrogens is 3. The third kappa shape index (κ3) is 4.89. The molecule has 1 aliphatic rings. The normalized spacial score (nSPS) is 14.5. The van der Waals surface area contributed by atoms with Crippen molar-refractivity contribution in [3.63, 3.8) is 0 Å². The molecule has 0 radical (unpaired) electrons. The van der Waals surface area contributed by atoms with Gasteiger partial charge in [-0.25, -0.2) is 4.68 Å². The second-order valence-corrected chi connectivity index (χ2v) is 8.64. The van der Waals surface area contributed by atoms with Gasteiger partial charge >= 0.3 is 0 Å². The first-order chi connectivity index (χ1) is 15.0. The molecule has 0 atom stereocenters. The van der Waals surface area contributed by atoms with Crippen LogP contribution in [0.2, 0.25) is 0 Å². The first-order valence-corrected chi connectivity index (χ1v) is 11.3. The summed E-state index contributed by atoms with van der Waals surface area (Å²) in [5.74, 6) is 0.894. The average Bonchev–Trinajstić information content (AvgIpc) is 3.11. The molecule has 1 fully saturated rings. The summed E-state index contributed by atoms with van der Waals surface area (Å²) in [5, 5.41) is 5.02. The second kappa shape index (κ2) is 9.77. The van der Waals surface area contributed by atoms with E-state index in [2.05, 4.69) is 89.7 Å². The lowest BCUT2D eigenvalue weighted by Gasteiger charge is -2.28. The molecule has 6 nitrogen and oxygen atoms in total. The Hall–Kier alpha value is -2.48. The third-order valence-corrected chi connectivity index (χ3v) is 6.14. The van der Waals surface area contributed by atoms with E-state index in [1.54, 1.807) is 0 Å². The minimum atomic E-state index is 0.359. The summed E-state index contributed by atoms with van der Waals surface area (Å²) < 4.78 is 10.4. The van der Waals surface area contributed by atoms with Crippen LogP contribution in [0, 0.1) is 11.7 Å². The van der Waals surface area contributed by atoms with E-state index in [9.17, 15) is 0 Å². The zero-order chi connectivity index (χ0) is 21.8. The van der Waals surface area contributed by atoms with Gasteiger partial charge in [0.2, 0.25) is 10.7 Å². The molecule has 31 heavy (non-hydrogen) atoms. The first kappa shape index (κ1) is 21.7. The van der Waals surface area contributed by atoms with E-state index in [0.29, 0.717) is 25.9 Å². The zero-order valence-corrected chi connectivity index (χ0v) is 19.4. The number of ether oxygens (including phenoxy) is 1. The van der Waals surface area contributed by atoms with Crippen LogP contribution in [0.3, 0.4) is 0 Å². The van der Waals surface area contributed by atoms with E-state index in [1.807, 2.05) is 4.68 Å². The number of anilines is 1. The largest absolute Gasteiger partial charge is 0.378 e. The fourth-order valence-corrected chi connectivity index (χ4v) is 4.15. The van der Waals surface area contributed by atoms with Crippen LogP contribution in [0.15, 0.2) is 54.6 Å². The van der Waals surface area contributed by atoms with Crippen LogP contribution in [-0.2, 0) is 18.0 Å². The van der Waals surface area contributed by atoms with Crippen molar-refractivity contribution in [3.05, 3.63) is 70.5 Å². The van der Waals surface area contributed by atoms with E-state index in [1.165, 1.54) is 11.1 Å². The molecule has 1 aliphatic heterocycles. The topological polar surface area (TPSA) is 38.5 Å². The van der Waals surface area contributed by atoms with E-state index < -0.39 is 0 Å². The van der Waals surface area contributed by atoms with Crippen molar-refractivity contribution >= 4 is 18.2 Å². The van der Waals surface area contributed by atoms with E-state index in [4.69, 9.17) is 22.1 Å². The van der Waals surface area contributed by atoms with Crippen molar-refractivity contribution in [2.45, 2.75) is 40.0 Å². The number of morpholine rings is 1. The molecule has 164 valence electrons. The van der Waals surface area contributed by atoms with E-state index in [-0.39, 0.29) is 0 Å². The fourth-order valence-electron chi connectivity index (χ4n) is 3.87. The molecule has 7 heteroatoms. The highest BCUT2D eigenvalue weighted by Gasteiger charge is 2.23. The van der Waals surface area contributed by atoms with Crippen molar-refractivity contribution in [2.75, 3.05) is 31.2 Å². The molecular formula is C24H31N5OS. The quantitative estimate of drug-likeness (QED) is 0.512. The molecule has 4 rings (SSSR count). The molecule has 1 saturated heterocycles. The Bertz CT molecular complexity index is 1050. The van der Waals surface area contributed by atoms with E-state index >= 15 is 0 Å². The molecule has 0 unspecified atom stereocenters. The van der Waals surface area contributed by atoms with Crippen molar-refractivity contribution < 1.29 is 4.74 Å². The van der Waals surface area contributed by atoms with Crippen molar-refractivity contribution in [1.29, 1.82) is 0 Å². The Balaban J connectivity index is 1.72. The van der Waals surface area contributed by atoms with E-state index in [0.717, 1.165) is 36.0 Å². The highest BCUT2D eigenvalue weighted by atomic mass is 32.1. The maximum absolute atomic E-state index is 5.97. The molecule has 3 aromatic rings. The second-order valence-electron chi connectivity index (χ2n) is 8.27. The van der Waals surface area contributed by atoms with Crippen LogP contribution in [-0.4, -0.2) is 51.6 Å². The molecule has 0 aliphatic carbocycles. The van der Waals surface area contributed by atoms with Gasteiger partial charge in [-0.3, -0.25) is 9.47 Å². The van der Waals surface area contributed by atoms with Gasteiger partial charge in [0.15, 0.2) is 0 Å². The molecule has 0 bridgehead atoms. The van der Waals surface area contributed by atoms with Gasteiger partial charge < -0.3 is 9.64 Å². The highest BCUT2D eigenvalue weighted by Crippen LogP contribution is 2.24. The third-order valence-electron chi connectivity index (χ3n) is 5.75. The predicted octanol–water partition coefficient (Wildman–Crippen LogP) is 4.42. The Morgan fingerprint density at radius 3 is 2.39 bits per heavy atom. The molecule has 0 saturated carbocycles. The Morgan fingerprint density at radius 1 is 1.03 bits per heavy atom. The number of para-hydroxylation sites is 1. The average molecular weight is 438 g/mol. The van der Waals surface area contributed by atoms with Crippen LogP contribution in [0.4, 0.5) is 5.95 Å². The van der Waals surface area contributed by atoms with Crippen LogP contribution in [0.5, 0.6) is 0 Å². The van der Waals surface area contributed by atoms with Gasteiger partial charge in [-0.2, -0.15) is 0 Å². The summed E-state index contributed by atoms with van der Waals surface area (Å²) in [4.78, 5) is 4.67. The van der Waals surface area contributed by atoms with Crippen molar-refractivity contribution in [2.24, 2.45) is 0 Å². The Kier molecular flexibility index (Phi) is 6.85. The van der Waals surface area contributed by atoms with Gasteiger partial charge in [0.1, 0.15) is 0 Å². The number of benzene rings is 2. The summed E-state index contributed by atoms with van der Waals surface area (Å²) in [6.45, 7) is 11.1. The van der Waals surface area contributed by atoms with Gasteiger partial charge in [0.25, 0.3) is 0 Å². The van der Waals surface area contributed by atoms with Gasteiger partial charge in [-0.1, -0.05) is 48.5 Å². The van der Waals surface area contributed by atoms with Crippen molar-refractivity contribution in [3.8, 4) is 5.69 Å². The number of hydrogen-bond acceptors (Lipinski definition) is 5. The first-order valence-electron chi connectivity index (χ1n) is 10.9. The number of aryl methyl sites for hydroxylation is 1. The number of hydrogen-bond donors (Lipinski definition) is 0. The SMILES string of the molecule is Cc1ccccc1-n1c(N2CCOCC2)nn(CN(Cc2ccccc2)C(C)C)c1=S. The Morgan fingerprint density at radius 2 is 1.71 bits per heavy atom. The molecule has 0 amide bonds. The number of rotatable bonds is 7. The molecule has 2 heterocycles. The molecular weight excluding hydrogens is 406 g/mol.